The Hall–Kier alpha value is -0.900. The van der Waals surface area contributed by atoms with Gasteiger partial charge >= 0.3 is 0 Å². The van der Waals surface area contributed by atoms with E-state index in [-0.39, 0.29) is 11.0 Å². The van der Waals surface area contributed by atoms with Crippen LogP contribution < -0.4 is 5.73 Å². The van der Waals surface area contributed by atoms with Gasteiger partial charge in [-0.05, 0) is 38.5 Å². The summed E-state index contributed by atoms with van der Waals surface area (Å²) < 4.78 is 5.44. The van der Waals surface area contributed by atoms with E-state index in [1.165, 1.54) is 25.7 Å². The van der Waals surface area contributed by atoms with Crippen molar-refractivity contribution in [3.63, 3.8) is 0 Å². The van der Waals surface area contributed by atoms with E-state index in [4.69, 9.17) is 10.3 Å². The first-order valence-corrected chi connectivity index (χ1v) is 6.32. The number of nitrogens with zero attached hydrogens (tertiary/aromatic N) is 2. The Balaban J connectivity index is 1.87. The number of aromatic nitrogens is 2. The molecule has 0 radical (unpaired) electrons. The Labute approximate surface area is 95.6 Å². The molecule has 0 aromatic carbocycles. The summed E-state index contributed by atoms with van der Waals surface area (Å²) in [5, 5.41) is 4.09. The molecule has 2 N–H and O–H groups in total. The van der Waals surface area contributed by atoms with Crippen LogP contribution in [0.2, 0.25) is 0 Å². The average molecular weight is 221 g/mol. The molecular weight excluding hydrogens is 202 g/mol. The zero-order chi connectivity index (χ0) is 11.2. The van der Waals surface area contributed by atoms with Gasteiger partial charge in [-0.3, -0.25) is 0 Å². The van der Waals surface area contributed by atoms with Gasteiger partial charge < -0.3 is 10.3 Å². The van der Waals surface area contributed by atoms with Gasteiger partial charge in [-0.1, -0.05) is 18.5 Å². The second kappa shape index (κ2) is 3.29. The molecular formula is C12H19N3O. The van der Waals surface area contributed by atoms with Crippen LogP contribution in [0.3, 0.4) is 0 Å². The van der Waals surface area contributed by atoms with Crippen molar-refractivity contribution in [3.05, 3.63) is 11.7 Å². The van der Waals surface area contributed by atoms with Crippen molar-refractivity contribution in [1.29, 1.82) is 0 Å². The van der Waals surface area contributed by atoms with E-state index in [9.17, 15) is 0 Å². The van der Waals surface area contributed by atoms with Gasteiger partial charge in [-0.25, -0.2) is 0 Å². The average Bonchev–Trinajstić information content (AvgIpc) is 2.63. The number of hydrogen-bond donors (Lipinski definition) is 1. The second-order valence-corrected chi connectivity index (χ2v) is 5.42. The molecule has 0 bridgehead atoms. The van der Waals surface area contributed by atoms with Gasteiger partial charge in [0.25, 0.3) is 0 Å². The lowest BCUT2D eigenvalue weighted by Crippen LogP contribution is -2.44. The first kappa shape index (κ1) is 10.3. The first-order chi connectivity index (χ1) is 7.69. The van der Waals surface area contributed by atoms with Crippen molar-refractivity contribution in [3.8, 4) is 0 Å². The summed E-state index contributed by atoms with van der Waals surface area (Å²) >= 11 is 0. The number of hydrogen-bond acceptors (Lipinski definition) is 4. The predicted molar refractivity (Wildman–Crippen MR) is 59.8 cm³/mol. The zero-order valence-corrected chi connectivity index (χ0v) is 9.83. The third-order valence-electron chi connectivity index (χ3n) is 4.56. The van der Waals surface area contributed by atoms with Crippen molar-refractivity contribution >= 4 is 0 Å². The summed E-state index contributed by atoms with van der Waals surface area (Å²) in [7, 11) is 0. The third-order valence-corrected chi connectivity index (χ3v) is 4.56. The largest absolute Gasteiger partial charge is 0.339 e. The van der Waals surface area contributed by atoms with Crippen LogP contribution in [0.5, 0.6) is 0 Å². The molecule has 0 unspecified atom stereocenters. The molecule has 1 aromatic rings. The zero-order valence-electron chi connectivity index (χ0n) is 9.83. The highest BCUT2D eigenvalue weighted by Gasteiger charge is 2.45. The molecule has 0 atom stereocenters. The van der Waals surface area contributed by atoms with Gasteiger partial charge in [-0.15, -0.1) is 0 Å². The predicted octanol–water partition coefficient (Wildman–Crippen LogP) is 2.24. The summed E-state index contributed by atoms with van der Waals surface area (Å²) in [5.41, 5.74) is 6.08. The van der Waals surface area contributed by atoms with E-state index in [1.54, 1.807) is 0 Å². The Morgan fingerprint density at radius 1 is 1.25 bits per heavy atom. The molecule has 3 rings (SSSR count). The van der Waals surface area contributed by atoms with Gasteiger partial charge in [0.05, 0.1) is 5.54 Å². The van der Waals surface area contributed by atoms with E-state index in [0.29, 0.717) is 0 Å². The van der Waals surface area contributed by atoms with Gasteiger partial charge in [0.2, 0.25) is 5.89 Å². The molecule has 0 saturated heterocycles. The molecule has 2 aliphatic carbocycles. The van der Waals surface area contributed by atoms with E-state index in [1.807, 2.05) is 0 Å². The highest BCUT2D eigenvalue weighted by molar-refractivity contribution is 5.14. The van der Waals surface area contributed by atoms with Crippen LogP contribution in [-0.2, 0) is 11.0 Å². The summed E-state index contributed by atoms with van der Waals surface area (Å²) in [5.74, 6) is 1.56. The van der Waals surface area contributed by atoms with Gasteiger partial charge in [0.15, 0.2) is 5.82 Å². The van der Waals surface area contributed by atoms with Crippen molar-refractivity contribution < 1.29 is 4.52 Å². The summed E-state index contributed by atoms with van der Waals surface area (Å²) in [6.45, 7) is 2.20. The number of rotatable bonds is 3. The lowest BCUT2D eigenvalue weighted by molar-refractivity contribution is 0.167. The van der Waals surface area contributed by atoms with Crippen LogP contribution in [0, 0.1) is 0 Å². The summed E-state index contributed by atoms with van der Waals surface area (Å²) in [6, 6.07) is 0. The fraction of sp³-hybridized carbons (Fsp3) is 0.833. The third kappa shape index (κ3) is 1.25. The standard InChI is InChI=1S/C12H19N3O/c1-2-11(5-3-6-11)10-14-9(15-16-10)12(13)7-4-8-12/h2-8,13H2,1H3. The van der Waals surface area contributed by atoms with Gasteiger partial charge in [-0.2, -0.15) is 4.98 Å². The van der Waals surface area contributed by atoms with E-state index >= 15 is 0 Å². The smallest absolute Gasteiger partial charge is 0.232 e. The van der Waals surface area contributed by atoms with E-state index < -0.39 is 0 Å². The summed E-state index contributed by atoms with van der Waals surface area (Å²) in [6.07, 6.45) is 7.90. The molecule has 1 heterocycles. The fourth-order valence-electron chi connectivity index (χ4n) is 2.74. The number of nitrogens with two attached hydrogens (primary N) is 1. The van der Waals surface area contributed by atoms with E-state index in [0.717, 1.165) is 31.0 Å². The SMILES string of the molecule is CCC1(c2nc(C3(N)CCC3)no2)CCC1. The molecule has 2 saturated carbocycles. The molecule has 0 aliphatic heterocycles. The lowest BCUT2D eigenvalue weighted by atomic mass is 9.67. The van der Waals surface area contributed by atoms with Crippen molar-refractivity contribution in [1.82, 2.24) is 10.1 Å². The molecule has 0 spiro atoms. The van der Waals surface area contributed by atoms with Gasteiger partial charge in [0, 0.05) is 5.41 Å². The molecule has 16 heavy (non-hydrogen) atoms. The highest BCUT2D eigenvalue weighted by atomic mass is 16.5. The van der Waals surface area contributed by atoms with Crippen molar-refractivity contribution in [2.24, 2.45) is 5.73 Å². The lowest BCUT2D eigenvalue weighted by Gasteiger charge is -2.37. The normalized spacial score (nSPS) is 25.9. The monoisotopic (exact) mass is 221 g/mol. The Morgan fingerprint density at radius 2 is 1.94 bits per heavy atom. The van der Waals surface area contributed by atoms with Crippen LogP contribution in [-0.4, -0.2) is 10.1 Å². The summed E-state index contributed by atoms with van der Waals surface area (Å²) in [4.78, 5) is 4.57. The molecule has 4 nitrogen and oxygen atoms in total. The van der Waals surface area contributed by atoms with Crippen LogP contribution >= 0.6 is 0 Å². The maximum Gasteiger partial charge on any atom is 0.232 e. The first-order valence-electron chi connectivity index (χ1n) is 6.32. The second-order valence-electron chi connectivity index (χ2n) is 5.42. The Bertz CT molecular complexity index is 385. The molecule has 88 valence electrons. The molecule has 2 aliphatic rings. The maximum absolute atomic E-state index is 6.20. The Morgan fingerprint density at radius 3 is 2.38 bits per heavy atom. The molecule has 0 amide bonds. The quantitative estimate of drug-likeness (QED) is 0.850. The Kier molecular flexibility index (Phi) is 2.11. The van der Waals surface area contributed by atoms with Crippen LogP contribution in [0.25, 0.3) is 0 Å². The van der Waals surface area contributed by atoms with Gasteiger partial charge in [0.1, 0.15) is 0 Å². The molecule has 4 heteroatoms. The minimum Gasteiger partial charge on any atom is -0.339 e. The van der Waals surface area contributed by atoms with Crippen molar-refractivity contribution in [2.45, 2.75) is 62.8 Å². The van der Waals surface area contributed by atoms with E-state index in [2.05, 4.69) is 17.1 Å². The van der Waals surface area contributed by atoms with Crippen LogP contribution in [0.15, 0.2) is 4.52 Å². The molecule has 1 aromatic heterocycles. The minimum absolute atomic E-state index is 0.172. The van der Waals surface area contributed by atoms with Crippen LogP contribution in [0.1, 0.15) is 63.6 Å². The minimum atomic E-state index is -0.291. The highest BCUT2D eigenvalue weighted by Crippen LogP contribution is 2.46. The van der Waals surface area contributed by atoms with Crippen LogP contribution in [0.4, 0.5) is 0 Å². The maximum atomic E-state index is 6.20. The topological polar surface area (TPSA) is 64.9 Å². The molecule has 2 fully saturated rings. The van der Waals surface area contributed by atoms with Crippen molar-refractivity contribution in [2.75, 3.05) is 0 Å². The fourth-order valence-corrected chi connectivity index (χ4v) is 2.74.